The molecular formula is C16H22N2O3S. The van der Waals surface area contributed by atoms with Crippen molar-refractivity contribution in [1.82, 2.24) is 9.88 Å². The number of rotatable bonds is 4. The van der Waals surface area contributed by atoms with Gasteiger partial charge in [0.05, 0.1) is 12.4 Å². The van der Waals surface area contributed by atoms with Crippen LogP contribution < -0.4 is 4.74 Å². The lowest BCUT2D eigenvalue weighted by Crippen LogP contribution is -2.70. The van der Waals surface area contributed by atoms with Crippen molar-refractivity contribution in [2.24, 2.45) is 5.92 Å². The first kappa shape index (κ1) is 14.5. The topological polar surface area (TPSA) is 59.5 Å². The lowest BCUT2D eigenvalue weighted by atomic mass is 9.79. The summed E-state index contributed by atoms with van der Waals surface area (Å²) < 4.78 is 30.3. The van der Waals surface area contributed by atoms with Gasteiger partial charge in [-0.15, -0.1) is 0 Å². The molecule has 1 aliphatic carbocycles. The molecular weight excluding hydrogens is 300 g/mol. The van der Waals surface area contributed by atoms with Gasteiger partial charge in [-0.2, -0.15) is 0 Å². The maximum absolute atomic E-state index is 12.6. The molecule has 3 fully saturated rings. The van der Waals surface area contributed by atoms with Gasteiger partial charge < -0.3 is 4.74 Å². The van der Waals surface area contributed by atoms with Crippen molar-refractivity contribution < 1.29 is 13.2 Å². The van der Waals surface area contributed by atoms with Crippen LogP contribution in [0.5, 0.6) is 5.88 Å². The molecule has 1 aromatic rings. The summed E-state index contributed by atoms with van der Waals surface area (Å²) in [6.45, 7) is 1.86. The number of hydrogen-bond donors (Lipinski definition) is 0. The third kappa shape index (κ3) is 2.15. The molecule has 1 aromatic heterocycles. The molecule has 4 rings (SSSR count). The van der Waals surface area contributed by atoms with Crippen LogP contribution in [-0.4, -0.2) is 54.5 Å². The normalized spacial score (nSPS) is 29.9. The fraction of sp³-hybridized carbons (Fsp3) is 0.688. The van der Waals surface area contributed by atoms with E-state index >= 15 is 0 Å². The van der Waals surface area contributed by atoms with E-state index in [-0.39, 0.29) is 5.92 Å². The molecule has 0 amide bonds. The minimum absolute atomic E-state index is 0.0934. The minimum atomic E-state index is -3.00. The Morgan fingerprint density at radius 3 is 2.73 bits per heavy atom. The highest BCUT2D eigenvalue weighted by Gasteiger charge is 2.62. The predicted molar refractivity (Wildman–Crippen MR) is 83.6 cm³/mol. The number of hydrogen-bond acceptors (Lipinski definition) is 5. The Kier molecular flexibility index (Phi) is 3.42. The summed E-state index contributed by atoms with van der Waals surface area (Å²) in [4.78, 5) is 6.51. The van der Waals surface area contributed by atoms with Gasteiger partial charge in [-0.3, -0.25) is 4.90 Å². The Balaban J connectivity index is 1.45. The van der Waals surface area contributed by atoms with Crippen molar-refractivity contribution in [1.29, 1.82) is 0 Å². The summed E-state index contributed by atoms with van der Waals surface area (Å²) in [7, 11) is -3.00. The van der Waals surface area contributed by atoms with Crippen LogP contribution in [-0.2, 0) is 9.84 Å². The van der Waals surface area contributed by atoms with Gasteiger partial charge in [0.2, 0.25) is 5.88 Å². The van der Waals surface area contributed by atoms with Crippen molar-refractivity contribution in [3.8, 4) is 5.88 Å². The zero-order valence-electron chi connectivity index (χ0n) is 12.6. The fourth-order valence-electron chi connectivity index (χ4n) is 3.98. The first-order chi connectivity index (χ1) is 10.6. The van der Waals surface area contributed by atoms with E-state index in [1.165, 1.54) is 19.3 Å². The van der Waals surface area contributed by atoms with E-state index in [2.05, 4.69) is 9.88 Å². The summed E-state index contributed by atoms with van der Waals surface area (Å²) in [6.07, 6.45) is 6.15. The molecule has 0 radical (unpaired) electrons. The van der Waals surface area contributed by atoms with Crippen molar-refractivity contribution in [3.63, 3.8) is 0 Å². The van der Waals surface area contributed by atoms with E-state index in [1.807, 2.05) is 18.2 Å². The monoisotopic (exact) mass is 322 g/mol. The van der Waals surface area contributed by atoms with Gasteiger partial charge in [0, 0.05) is 37.3 Å². The van der Waals surface area contributed by atoms with Gasteiger partial charge in [0.1, 0.15) is 4.75 Å². The Morgan fingerprint density at radius 2 is 2.09 bits per heavy atom. The number of likely N-dealkylation sites (tertiary alicyclic amines) is 1. The number of pyridine rings is 1. The average molecular weight is 322 g/mol. The van der Waals surface area contributed by atoms with Gasteiger partial charge in [0.25, 0.3) is 0 Å². The molecule has 2 saturated heterocycles. The fourth-order valence-corrected chi connectivity index (χ4v) is 6.40. The third-order valence-corrected chi connectivity index (χ3v) is 8.30. The Labute approximate surface area is 131 Å². The van der Waals surface area contributed by atoms with Crippen LogP contribution in [0.25, 0.3) is 0 Å². The molecule has 6 heteroatoms. The third-order valence-electron chi connectivity index (χ3n) is 5.70. The Bertz CT molecular complexity index is 637. The largest absolute Gasteiger partial charge is 0.477 e. The number of aromatic nitrogens is 1. The number of nitrogens with zero attached hydrogens (tertiary/aromatic N) is 2. The van der Waals surface area contributed by atoms with E-state index in [0.717, 1.165) is 0 Å². The highest BCUT2D eigenvalue weighted by molar-refractivity contribution is 7.93. The molecule has 0 bridgehead atoms. The summed E-state index contributed by atoms with van der Waals surface area (Å²) in [6, 6.07) is 6.17. The molecule has 0 unspecified atom stereocenters. The van der Waals surface area contributed by atoms with Crippen LogP contribution in [0.1, 0.15) is 25.7 Å². The second kappa shape index (κ2) is 5.20. The van der Waals surface area contributed by atoms with E-state index in [9.17, 15) is 8.42 Å². The van der Waals surface area contributed by atoms with Gasteiger partial charge in [0.15, 0.2) is 9.84 Å². The average Bonchev–Trinajstić information content (AvgIpc) is 2.67. The summed E-state index contributed by atoms with van der Waals surface area (Å²) in [5.41, 5.74) is 0. The van der Waals surface area contributed by atoms with Crippen LogP contribution in [0.3, 0.4) is 0 Å². The minimum Gasteiger partial charge on any atom is -0.477 e. The first-order valence-electron chi connectivity index (χ1n) is 8.11. The van der Waals surface area contributed by atoms with Crippen LogP contribution in [0.2, 0.25) is 0 Å². The Morgan fingerprint density at radius 1 is 1.27 bits per heavy atom. The zero-order valence-corrected chi connectivity index (χ0v) is 13.5. The van der Waals surface area contributed by atoms with Gasteiger partial charge in [-0.25, -0.2) is 13.4 Å². The van der Waals surface area contributed by atoms with Crippen molar-refractivity contribution in [3.05, 3.63) is 24.4 Å². The van der Waals surface area contributed by atoms with Gasteiger partial charge in [-0.1, -0.05) is 12.5 Å². The molecule has 5 nitrogen and oxygen atoms in total. The number of sulfone groups is 1. The summed E-state index contributed by atoms with van der Waals surface area (Å²) in [5, 5.41) is 0. The maximum Gasteiger partial charge on any atom is 0.213 e. The van der Waals surface area contributed by atoms with Crippen LogP contribution in [0.4, 0.5) is 0 Å². The summed E-state index contributed by atoms with van der Waals surface area (Å²) in [5.74, 6) is 0.981. The van der Waals surface area contributed by atoms with E-state index in [1.54, 1.807) is 6.20 Å². The molecule has 0 N–H and O–H groups in total. The SMILES string of the molecule is O=S1(=O)CC[C@H](COc2ccccn2)C12CN(C1CCC1)C2. The molecule has 1 atom stereocenters. The van der Waals surface area contributed by atoms with E-state index in [0.29, 0.717) is 43.8 Å². The molecule has 0 aromatic carbocycles. The molecule has 3 heterocycles. The predicted octanol–water partition coefficient (Wildman–Crippen LogP) is 1.50. The quantitative estimate of drug-likeness (QED) is 0.841. The first-order valence-corrected chi connectivity index (χ1v) is 9.76. The zero-order chi connectivity index (χ0) is 15.2. The lowest BCUT2D eigenvalue weighted by molar-refractivity contribution is 0.00192. The maximum atomic E-state index is 12.6. The molecule has 120 valence electrons. The lowest BCUT2D eigenvalue weighted by Gasteiger charge is -2.55. The van der Waals surface area contributed by atoms with Gasteiger partial charge in [-0.05, 0) is 25.3 Å². The molecule has 1 spiro atoms. The van der Waals surface area contributed by atoms with Gasteiger partial charge >= 0.3 is 0 Å². The molecule has 3 aliphatic rings. The second-order valence-electron chi connectivity index (χ2n) is 6.84. The van der Waals surface area contributed by atoms with Crippen LogP contribution in [0, 0.1) is 5.92 Å². The van der Waals surface area contributed by atoms with Crippen LogP contribution >= 0.6 is 0 Å². The standard InChI is InChI=1S/C16H22N2O3S/c19-22(20)9-7-13(10-21-15-6-1-2-8-17-15)16(22)11-18(12-16)14-4-3-5-14/h1-2,6,8,13-14H,3-5,7,9-12H2/t13-/m1/s1. The molecule has 2 aliphatic heterocycles. The second-order valence-corrected chi connectivity index (χ2v) is 9.29. The summed E-state index contributed by atoms with van der Waals surface area (Å²) >= 11 is 0. The Hall–Kier alpha value is -1.14. The van der Waals surface area contributed by atoms with Crippen molar-refractivity contribution in [2.45, 2.75) is 36.5 Å². The van der Waals surface area contributed by atoms with Crippen molar-refractivity contribution in [2.75, 3.05) is 25.4 Å². The molecule has 1 saturated carbocycles. The van der Waals surface area contributed by atoms with Crippen LogP contribution in [0.15, 0.2) is 24.4 Å². The van der Waals surface area contributed by atoms with Crippen molar-refractivity contribution >= 4 is 9.84 Å². The highest BCUT2D eigenvalue weighted by atomic mass is 32.2. The smallest absolute Gasteiger partial charge is 0.213 e. The van der Waals surface area contributed by atoms with E-state index < -0.39 is 14.6 Å². The van der Waals surface area contributed by atoms with E-state index in [4.69, 9.17) is 4.74 Å². The molecule has 22 heavy (non-hydrogen) atoms. The number of ether oxygens (including phenoxy) is 1. The highest BCUT2D eigenvalue weighted by Crippen LogP contribution is 2.47.